The Morgan fingerprint density at radius 3 is 2.44 bits per heavy atom. The minimum Gasteiger partial charge on any atom is -0.497 e. The SMILES string of the molecule is COc1ccc2c(c1)[C@H](NC(=O)[C@@H]1C[C@@H]1C)CCN2C(=O)[C@@H]1C[C@H]1C. The first-order valence-corrected chi connectivity index (χ1v) is 9.29. The molecule has 1 heterocycles. The number of methoxy groups -OCH3 is 1. The average Bonchev–Trinajstić information content (AvgIpc) is 3.52. The van der Waals surface area contributed by atoms with Gasteiger partial charge in [0.15, 0.2) is 0 Å². The van der Waals surface area contributed by atoms with Crippen molar-refractivity contribution in [2.24, 2.45) is 23.7 Å². The van der Waals surface area contributed by atoms with Gasteiger partial charge in [-0.3, -0.25) is 9.59 Å². The van der Waals surface area contributed by atoms with Gasteiger partial charge in [-0.2, -0.15) is 0 Å². The van der Waals surface area contributed by atoms with Crippen LogP contribution in [0.25, 0.3) is 0 Å². The number of carbonyl (C=O) groups excluding carboxylic acids is 2. The molecule has 1 N–H and O–H groups in total. The Morgan fingerprint density at radius 1 is 1.16 bits per heavy atom. The molecule has 5 nitrogen and oxygen atoms in total. The molecule has 134 valence electrons. The maximum Gasteiger partial charge on any atom is 0.230 e. The molecule has 1 aromatic carbocycles. The highest BCUT2D eigenvalue weighted by Gasteiger charge is 2.44. The van der Waals surface area contributed by atoms with Crippen LogP contribution in [-0.2, 0) is 9.59 Å². The van der Waals surface area contributed by atoms with E-state index in [0.29, 0.717) is 18.4 Å². The third kappa shape index (κ3) is 3.00. The summed E-state index contributed by atoms with van der Waals surface area (Å²) < 4.78 is 5.37. The molecular formula is C20H26N2O3. The van der Waals surface area contributed by atoms with E-state index in [2.05, 4.69) is 19.2 Å². The smallest absolute Gasteiger partial charge is 0.230 e. The molecule has 0 bridgehead atoms. The van der Waals surface area contributed by atoms with Gasteiger partial charge in [0.05, 0.1) is 13.2 Å². The summed E-state index contributed by atoms with van der Waals surface area (Å²) in [6, 6.07) is 5.76. The van der Waals surface area contributed by atoms with Gasteiger partial charge in [0.1, 0.15) is 5.75 Å². The Balaban J connectivity index is 1.60. The molecule has 2 aliphatic carbocycles. The van der Waals surface area contributed by atoms with Crippen molar-refractivity contribution in [3.05, 3.63) is 23.8 Å². The van der Waals surface area contributed by atoms with Crippen molar-refractivity contribution < 1.29 is 14.3 Å². The fourth-order valence-corrected chi connectivity index (χ4v) is 3.93. The highest BCUT2D eigenvalue weighted by molar-refractivity contribution is 5.98. The number of nitrogens with one attached hydrogen (secondary N) is 1. The van der Waals surface area contributed by atoms with Crippen molar-refractivity contribution in [3.63, 3.8) is 0 Å². The number of amides is 2. The van der Waals surface area contributed by atoms with Crippen molar-refractivity contribution in [2.75, 3.05) is 18.6 Å². The molecule has 4 rings (SSSR count). The summed E-state index contributed by atoms with van der Waals surface area (Å²) in [4.78, 5) is 27.1. The lowest BCUT2D eigenvalue weighted by Gasteiger charge is -2.35. The molecule has 1 aromatic rings. The molecule has 2 fully saturated rings. The maximum atomic E-state index is 12.8. The van der Waals surface area contributed by atoms with Crippen molar-refractivity contribution in [1.29, 1.82) is 0 Å². The van der Waals surface area contributed by atoms with Gasteiger partial charge in [0, 0.05) is 29.6 Å². The highest BCUT2D eigenvalue weighted by atomic mass is 16.5. The Labute approximate surface area is 148 Å². The maximum absolute atomic E-state index is 12.8. The van der Waals surface area contributed by atoms with Crippen LogP contribution in [0.3, 0.4) is 0 Å². The Morgan fingerprint density at radius 2 is 1.84 bits per heavy atom. The second-order valence-electron chi connectivity index (χ2n) is 7.90. The minimum absolute atomic E-state index is 0.0499. The van der Waals surface area contributed by atoms with E-state index in [1.165, 1.54) is 0 Å². The first kappa shape index (κ1) is 16.4. The zero-order chi connectivity index (χ0) is 17.7. The Bertz CT molecular complexity index is 717. The zero-order valence-corrected chi connectivity index (χ0v) is 15.1. The molecule has 5 heteroatoms. The van der Waals surface area contributed by atoms with Crippen LogP contribution in [0.2, 0.25) is 0 Å². The zero-order valence-electron chi connectivity index (χ0n) is 15.1. The molecule has 0 unspecified atom stereocenters. The van der Waals surface area contributed by atoms with Crippen molar-refractivity contribution in [3.8, 4) is 5.75 Å². The second kappa shape index (κ2) is 6.04. The van der Waals surface area contributed by atoms with Crippen molar-refractivity contribution >= 4 is 17.5 Å². The third-order valence-electron chi connectivity index (χ3n) is 6.00. The molecule has 0 radical (unpaired) electrons. The molecule has 0 saturated heterocycles. The van der Waals surface area contributed by atoms with Crippen molar-refractivity contribution in [2.45, 2.75) is 39.2 Å². The first-order chi connectivity index (χ1) is 12.0. The summed E-state index contributed by atoms with van der Waals surface area (Å²) in [5.41, 5.74) is 1.92. The van der Waals surface area contributed by atoms with Crippen molar-refractivity contribution in [1.82, 2.24) is 5.32 Å². The predicted molar refractivity (Wildman–Crippen MR) is 95.4 cm³/mol. The van der Waals surface area contributed by atoms with Gasteiger partial charge < -0.3 is 15.0 Å². The van der Waals surface area contributed by atoms with E-state index in [1.807, 2.05) is 23.1 Å². The van der Waals surface area contributed by atoms with Crippen LogP contribution in [0.5, 0.6) is 5.75 Å². The number of ether oxygens (including phenoxy) is 1. The van der Waals surface area contributed by atoms with Gasteiger partial charge in [0.25, 0.3) is 0 Å². The van der Waals surface area contributed by atoms with Gasteiger partial charge in [0.2, 0.25) is 11.8 Å². The van der Waals surface area contributed by atoms with E-state index < -0.39 is 0 Å². The largest absolute Gasteiger partial charge is 0.497 e. The van der Waals surface area contributed by atoms with Crippen LogP contribution in [0.4, 0.5) is 5.69 Å². The van der Waals surface area contributed by atoms with Crippen LogP contribution < -0.4 is 15.0 Å². The average molecular weight is 342 g/mol. The molecule has 3 aliphatic rings. The van der Waals surface area contributed by atoms with Crippen LogP contribution in [0, 0.1) is 23.7 Å². The Hall–Kier alpha value is -2.04. The molecule has 0 spiro atoms. The topological polar surface area (TPSA) is 58.6 Å². The quantitative estimate of drug-likeness (QED) is 0.915. The highest BCUT2D eigenvalue weighted by Crippen LogP contribution is 2.44. The third-order valence-corrected chi connectivity index (χ3v) is 6.00. The van der Waals surface area contributed by atoms with Crippen LogP contribution in [0.1, 0.15) is 44.7 Å². The lowest BCUT2D eigenvalue weighted by atomic mass is 9.95. The molecular weight excluding hydrogens is 316 g/mol. The van der Waals surface area contributed by atoms with Crippen LogP contribution in [-0.4, -0.2) is 25.5 Å². The van der Waals surface area contributed by atoms with E-state index in [4.69, 9.17) is 4.74 Å². The number of benzene rings is 1. The molecule has 25 heavy (non-hydrogen) atoms. The lowest BCUT2D eigenvalue weighted by Crippen LogP contribution is -2.42. The summed E-state index contributed by atoms with van der Waals surface area (Å²) in [6.07, 6.45) is 2.72. The number of anilines is 1. The monoisotopic (exact) mass is 342 g/mol. The van der Waals surface area contributed by atoms with E-state index in [-0.39, 0.29) is 29.7 Å². The number of hydrogen-bond acceptors (Lipinski definition) is 3. The van der Waals surface area contributed by atoms with Gasteiger partial charge in [-0.25, -0.2) is 0 Å². The van der Waals surface area contributed by atoms with Gasteiger partial charge >= 0.3 is 0 Å². The van der Waals surface area contributed by atoms with Gasteiger partial charge in [-0.05, 0) is 49.3 Å². The fraction of sp³-hybridized carbons (Fsp3) is 0.600. The molecule has 0 aromatic heterocycles. The van der Waals surface area contributed by atoms with Gasteiger partial charge in [-0.15, -0.1) is 0 Å². The number of rotatable bonds is 4. The number of fused-ring (bicyclic) bond motifs is 1. The van der Waals surface area contributed by atoms with E-state index >= 15 is 0 Å². The molecule has 5 atom stereocenters. The number of nitrogens with zero attached hydrogens (tertiary/aromatic N) is 1. The lowest BCUT2D eigenvalue weighted by molar-refractivity contribution is -0.123. The van der Waals surface area contributed by atoms with E-state index in [0.717, 1.165) is 36.3 Å². The fourth-order valence-electron chi connectivity index (χ4n) is 3.93. The Kier molecular flexibility index (Phi) is 3.97. The summed E-state index contributed by atoms with van der Waals surface area (Å²) >= 11 is 0. The minimum atomic E-state index is -0.0499. The summed E-state index contributed by atoms with van der Waals surface area (Å²) in [5.74, 6) is 2.41. The normalized spacial score (nSPS) is 32.6. The van der Waals surface area contributed by atoms with Gasteiger partial charge in [-0.1, -0.05) is 13.8 Å². The first-order valence-electron chi connectivity index (χ1n) is 9.29. The van der Waals surface area contributed by atoms with E-state index in [1.54, 1.807) is 7.11 Å². The second-order valence-corrected chi connectivity index (χ2v) is 7.90. The molecule has 2 amide bonds. The summed E-state index contributed by atoms with van der Waals surface area (Å²) in [6.45, 7) is 4.90. The molecule has 2 saturated carbocycles. The van der Waals surface area contributed by atoms with E-state index in [9.17, 15) is 9.59 Å². The van der Waals surface area contributed by atoms with Crippen LogP contribution in [0.15, 0.2) is 18.2 Å². The molecule has 1 aliphatic heterocycles. The summed E-state index contributed by atoms with van der Waals surface area (Å²) in [5, 5.41) is 3.20. The van der Waals surface area contributed by atoms with Crippen LogP contribution >= 0.6 is 0 Å². The number of carbonyl (C=O) groups is 2. The standard InChI is InChI=1S/C20H26N2O3/c1-11-8-14(11)19(23)21-17-6-7-22(20(24)15-9-12(15)2)18-5-4-13(25-3)10-16(17)18/h4-5,10-12,14-15,17H,6-9H2,1-3H3,(H,21,23)/t11-,12+,14+,15+,17+/m0/s1. The summed E-state index contributed by atoms with van der Waals surface area (Å²) in [7, 11) is 1.64. The predicted octanol–water partition coefficient (Wildman–Crippen LogP) is 2.90. The number of hydrogen-bond donors (Lipinski definition) is 1.